The van der Waals surface area contributed by atoms with Gasteiger partial charge in [-0.05, 0) is 12.5 Å². The monoisotopic (exact) mass is 339 g/mol. The number of hydrogen-bond donors (Lipinski definition) is 1. The standard InChI is InChI=1S/C18H17N3O4/c1-9-4-6-10(7-5-9)12-13-11(8-25-17(13)23)19-15-14(12)16(22)21(3)18(24)20(15)2/h4-7,12,19H,8H2,1-3H3/t12-/m1/s1. The average molecular weight is 339 g/mol. The molecule has 0 saturated heterocycles. The quantitative estimate of drug-likeness (QED) is 0.776. The molecule has 7 nitrogen and oxygen atoms in total. The molecule has 1 N–H and O–H groups in total. The first-order valence-corrected chi connectivity index (χ1v) is 7.93. The van der Waals surface area contributed by atoms with E-state index in [-0.39, 0.29) is 6.61 Å². The minimum atomic E-state index is -0.563. The molecule has 0 fully saturated rings. The van der Waals surface area contributed by atoms with Crippen LogP contribution in [-0.4, -0.2) is 21.7 Å². The molecular weight excluding hydrogens is 322 g/mol. The van der Waals surface area contributed by atoms with Crippen molar-refractivity contribution in [3.8, 4) is 0 Å². The number of ether oxygens (including phenoxy) is 1. The van der Waals surface area contributed by atoms with E-state index in [4.69, 9.17) is 4.74 Å². The van der Waals surface area contributed by atoms with Crippen LogP contribution in [0.1, 0.15) is 22.6 Å². The lowest BCUT2D eigenvalue weighted by atomic mass is 9.82. The summed E-state index contributed by atoms with van der Waals surface area (Å²) in [5.41, 5.74) is 2.48. The maximum Gasteiger partial charge on any atom is 0.337 e. The highest BCUT2D eigenvalue weighted by Gasteiger charge is 2.41. The van der Waals surface area contributed by atoms with Crippen LogP contribution in [0.2, 0.25) is 0 Å². The van der Waals surface area contributed by atoms with E-state index >= 15 is 0 Å². The Morgan fingerprint density at radius 3 is 2.44 bits per heavy atom. The van der Waals surface area contributed by atoms with Crippen LogP contribution >= 0.6 is 0 Å². The van der Waals surface area contributed by atoms with E-state index in [0.717, 1.165) is 15.7 Å². The molecule has 0 amide bonds. The lowest BCUT2D eigenvalue weighted by Crippen LogP contribution is -2.43. The fraction of sp³-hybridized carbons (Fsp3) is 0.278. The lowest BCUT2D eigenvalue weighted by Gasteiger charge is -2.28. The Hall–Kier alpha value is -3.09. The van der Waals surface area contributed by atoms with Gasteiger partial charge in [0.2, 0.25) is 0 Å². The van der Waals surface area contributed by atoms with Crippen molar-refractivity contribution in [3.63, 3.8) is 0 Å². The Balaban J connectivity index is 2.08. The Bertz CT molecular complexity index is 1060. The van der Waals surface area contributed by atoms with Gasteiger partial charge >= 0.3 is 11.7 Å². The number of fused-ring (bicyclic) bond motifs is 1. The van der Waals surface area contributed by atoms with Crippen LogP contribution in [0.4, 0.5) is 5.82 Å². The van der Waals surface area contributed by atoms with E-state index in [9.17, 15) is 14.4 Å². The van der Waals surface area contributed by atoms with Crippen LogP contribution in [0.25, 0.3) is 0 Å². The molecule has 0 aliphatic carbocycles. The molecule has 1 aromatic heterocycles. The van der Waals surface area contributed by atoms with Crippen LogP contribution in [-0.2, 0) is 23.6 Å². The van der Waals surface area contributed by atoms with E-state index in [1.165, 1.54) is 11.6 Å². The van der Waals surface area contributed by atoms with Gasteiger partial charge in [0.1, 0.15) is 12.4 Å². The second-order valence-corrected chi connectivity index (χ2v) is 6.41. The minimum Gasteiger partial charge on any atom is -0.456 e. The molecule has 0 unspecified atom stereocenters. The number of esters is 1. The Morgan fingerprint density at radius 2 is 1.76 bits per heavy atom. The fourth-order valence-electron chi connectivity index (χ4n) is 3.47. The van der Waals surface area contributed by atoms with Gasteiger partial charge in [0.15, 0.2) is 0 Å². The summed E-state index contributed by atoms with van der Waals surface area (Å²) in [5, 5.41) is 3.06. The Labute approximate surface area is 143 Å². The van der Waals surface area contributed by atoms with Gasteiger partial charge in [-0.1, -0.05) is 29.8 Å². The van der Waals surface area contributed by atoms with Gasteiger partial charge in [-0.3, -0.25) is 13.9 Å². The summed E-state index contributed by atoms with van der Waals surface area (Å²) in [6, 6.07) is 7.67. The predicted molar refractivity (Wildman–Crippen MR) is 91.6 cm³/mol. The fourth-order valence-corrected chi connectivity index (χ4v) is 3.47. The second kappa shape index (κ2) is 5.20. The van der Waals surface area contributed by atoms with Crippen molar-refractivity contribution >= 4 is 11.8 Å². The third-order valence-electron chi connectivity index (χ3n) is 4.85. The Kier molecular flexibility index (Phi) is 3.21. The average Bonchev–Trinajstić information content (AvgIpc) is 2.98. The van der Waals surface area contributed by atoms with Gasteiger partial charge in [-0.2, -0.15) is 0 Å². The van der Waals surface area contributed by atoms with Crippen molar-refractivity contribution < 1.29 is 9.53 Å². The van der Waals surface area contributed by atoms with Crippen molar-refractivity contribution in [3.05, 3.63) is 73.1 Å². The van der Waals surface area contributed by atoms with Crippen molar-refractivity contribution in [2.45, 2.75) is 12.8 Å². The van der Waals surface area contributed by atoms with E-state index in [1.807, 2.05) is 31.2 Å². The number of anilines is 1. The molecule has 3 heterocycles. The highest BCUT2D eigenvalue weighted by Crippen LogP contribution is 2.42. The van der Waals surface area contributed by atoms with Crippen molar-refractivity contribution in [2.24, 2.45) is 14.1 Å². The van der Waals surface area contributed by atoms with Crippen LogP contribution < -0.4 is 16.6 Å². The maximum absolute atomic E-state index is 12.9. The minimum absolute atomic E-state index is 0.110. The maximum atomic E-state index is 12.9. The number of benzene rings is 1. The summed E-state index contributed by atoms with van der Waals surface area (Å²) in [4.78, 5) is 37.5. The molecular formula is C18H17N3O4. The molecule has 7 heteroatoms. The second-order valence-electron chi connectivity index (χ2n) is 6.41. The Morgan fingerprint density at radius 1 is 1.08 bits per heavy atom. The van der Waals surface area contributed by atoms with Gasteiger partial charge in [-0.15, -0.1) is 0 Å². The predicted octanol–water partition coefficient (Wildman–Crippen LogP) is 0.761. The number of cyclic esters (lactones) is 1. The first-order valence-electron chi connectivity index (χ1n) is 7.93. The molecule has 128 valence electrons. The summed E-state index contributed by atoms with van der Waals surface area (Å²) in [6.07, 6.45) is 0. The van der Waals surface area contributed by atoms with Crippen molar-refractivity contribution in [1.82, 2.24) is 9.13 Å². The highest BCUT2D eigenvalue weighted by atomic mass is 16.5. The van der Waals surface area contributed by atoms with Gasteiger partial charge in [-0.25, -0.2) is 9.59 Å². The van der Waals surface area contributed by atoms with E-state index in [2.05, 4.69) is 5.32 Å². The van der Waals surface area contributed by atoms with E-state index in [1.54, 1.807) is 7.05 Å². The number of nitrogens with zero attached hydrogens (tertiary/aromatic N) is 2. The molecule has 2 aromatic rings. The largest absolute Gasteiger partial charge is 0.456 e. The topological polar surface area (TPSA) is 82.3 Å². The van der Waals surface area contributed by atoms with Crippen LogP contribution in [0.3, 0.4) is 0 Å². The van der Waals surface area contributed by atoms with Crippen molar-refractivity contribution in [1.29, 1.82) is 0 Å². The number of aryl methyl sites for hydroxylation is 1. The zero-order valence-corrected chi connectivity index (χ0v) is 14.1. The molecule has 2 aliphatic heterocycles. The third kappa shape index (κ3) is 2.08. The first kappa shape index (κ1) is 15.4. The molecule has 4 rings (SSSR count). The normalized spacial score (nSPS) is 18.5. The smallest absolute Gasteiger partial charge is 0.337 e. The zero-order chi connectivity index (χ0) is 17.9. The highest BCUT2D eigenvalue weighted by molar-refractivity contribution is 5.96. The van der Waals surface area contributed by atoms with Crippen LogP contribution in [0.5, 0.6) is 0 Å². The molecule has 0 radical (unpaired) electrons. The molecule has 1 atom stereocenters. The number of carbonyl (C=O) groups excluding carboxylic acids is 1. The number of aromatic nitrogens is 2. The molecule has 2 aliphatic rings. The summed E-state index contributed by atoms with van der Waals surface area (Å²) >= 11 is 0. The number of nitrogens with one attached hydrogen (secondary N) is 1. The SMILES string of the molecule is Cc1ccc([C@@H]2C3=C(COC3=O)Nc3c2c(=O)n(C)c(=O)n3C)cc1. The van der Waals surface area contributed by atoms with Gasteiger partial charge in [0.05, 0.1) is 22.8 Å². The van der Waals surface area contributed by atoms with Gasteiger partial charge in [0, 0.05) is 14.1 Å². The van der Waals surface area contributed by atoms with Gasteiger partial charge in [0.25, 0.3) is 5.56 Å². The summed E-state index contributed by atoms with van der Waals surface area (Å²) in [5.74, 6) is -0.585. The van der Waals surface area contributed by atoms with Crippen LogP contribution in [0, 0.1) is 6.92 Å². The number of carbonyl (C=O) groups is 1. The van der Waals surface area contributed by atoms with E-state index < -0.39 is 23.1 Å². The molecule has 0 bridgehead atoms. The first-order chi connectivity index (χ1) is 11.9. The summed E-state index contributed by atoms with van der Waals surface area (Å²) < 4.78 is 7.63. The van der Waals surface area contributed by atoms with Crippen molar-refractivity contribution in [2.75, 3.05) is 11.9 Å². The molecule has 25 heavy (non-hydrogen) atoms. The zero-order valence-electron chi connectivity index (χ0n) is 14.1. The third-order valence-corrected chi connectivity index (χ3v) is 4.85. The number of hydrogen-bond acceptors (Lipinski definition) is 5. The van der Waals surface area contributed by atoms with Crippen LogP contribution in [0.15, 0.2) is 45.1 Å². The van der Waals surface area contributed by atoms with Gasteiger partial charge < -0.3 is 10.1 Å². The van der Waals surface area contributed by atoms with E-state index in [0.29, 0.717) is 22.7 Å². The molecule has 1 aromatic carbocycles. The molecule has 0 spiro atoms. The summed E-state index contributed by atoms with van der Waals surface area (Å²) in [6.45, 7) is 2.08. The molecule has 0 saturated carbocycles. The number of rotatable bonds is 1. The summed E-state index contributed by atoms with van der Waals surface area (Å²) in [7, 11) is 3.04. The lowest BCUT2D eigenvalue weighted by molar-refractivity contribution is -0.136.